The molecular weight excluding hydrogens is 406 g/mol. The second-order valence-electron chi connectivity index (χ2n) is 6.47. The first-order valence-electron chi connectivity index (χ1n) is 8.71. The molecule has 14 heteroatoms. The van der Waals surface area contributed by atoms with E-state index in [1.807, 2.05) is 0 Å². The molecule has 0 spiro atoms. The van der Waals surface area contributed by atoms with E-state index in [9.17, 15) is 24.0 Å². The van der Waals surface area contributed by atoms with Crippen molar-refractivity contribution in [2.75, 3.05) is 12.3 Å². The molecule has 0 saturated carbocycles. The fourth-order valence-corrected chi connectivity index (χ4v) is 3.17. The van der Waals surface area contributed by atoms with Crippen molar-refractivity contribution in [3.8, 4) is 0 Å². The first-order valence-corrected chi connectivity index (χ1v) is 8.71. The van der Waals surface area contributed by atoms with Crippen molar-refractivity contribution in [1.29, 1.82) is 0 Å². The van der Waals surface area contributed by atoms with Crippen LogP contribution < -0.4 is 17.0 Å². The Morgan fingerprint density at radius 2 is 1.70 bits per heavy atom. The molecule has 2 aromatic rings. The maximum atomic E-state index is 12.6. The van der Waals surface area contributed by atoms with Crippen molar-refractivity contribution in [1.82, 2.24) is 19.5 Å². The molecule has 1 fully saturated rings. The molecule has 4 N–H and O–H groups in total. The Morgan fingerprint density at radius 1 is 1.07 bits per heavy atom. The molecule has 0 bridgehead atoms. The van der Waals surface area contributed by atoms with Crippen molar-refractivity contribution >= 4 is 35.0 Å². The number of esters is 3. The van der Waals surface area contributed by atoms with Crippen molar-refractivity contribution in [3.05, 3.63) is 20.8 Å². The Labute approximate surface area is 167 Å². The van der Waals surface area contributed by atoms with Gasteiger partial charge in [0.25, 0.3) is 5.56 Å². The van der Waals surface area contributed by atoms with E-state index in [4.69, 9.17) is 24.7 Å². The topological polar surface area (TPSA) is 198 Å². The van der Waals surface area contributed by atoms with Crippen molar-refractivity contribution < 1.29 is 33.3 Å². The number of fused-ring (bicyclic) bond motifs is 1. The number of H-pyrrole nitrogens is 2. The highest BCUT2D eigenvalue weighted by atomic mass is 16.7. The fraction of sp³-hybridized carbons (Fsp3) is 0.500. The van der Waals surface area contributed by atoms with E-state index in [-0.39, 0.29) is 23.7 Å². The van der Waals surface area contributed by atoms with Crippen LogP contribution in [0.2, 0.25) is 0 Å². The van der Waals surface area contributed by atoms with Crippen LogP contribution in [0.3, 0.4) is 0 Å². The third-order valence-electron chi connectivity index (χ3n) is 4.19. The number of carbonyl (C=O) groups excluding carboxylic acids is 3. The van der Waals surface area contributed by atoms with Crippen LogP contribution in [-0.2, 0) is 33.3 Å². The molecule has 0 radical (unpaired) electrons. The number of aromatic nitrogens is 4. The zero-order valence-electron chi connectivity index (χ0n) is 16.2. The summed E-state index contributed by atoms with van der Waals surface area (Å²) in [4.78, 5) is 67.7. The maximum Gasteiger partial charge on any atom is 0.330 e. The van der Waals surface area contributed by atoms with Gasteiger partial charge >= 0.3 is 23.6 Å². The molecule has 0 aromatic carbocycles. The zero-order chi connectivity index (χ0) is 22.2. The van der Waals surface area contributed by atoms with Crippen LogP contribution in [0, 0.1) is 0 Å². The standard InChI is InChI=1S/C16H19N5O9/c1-5(22)27-4-8-10(28-6(2)23)11(29-7(3)24)14(30-8)21-12-9(18-16(21)26)13(25)20-15(17)19-12/h8,10-11,14H,4H2,1-3H3,(H,18,26)(H3,17,19,20,25)/t8-,10-,11-,14-/m1/s1. The molecule has 3 rings (SSSR count). The highest BCUT2D eigenvalue weighted by Crippen LogP contribution is 2.34. The number of anilines is 1. The largest absolute Gasteiger partial charge is 0.463 e. The van der Waals surface area contributed by atoms with Crippen LogP contribution in [0.1, 0.15) is 27.0 Å². The lowest BCUT2D eigenvalue weighted by Gasteiger charge is -2.23. The lowest BCUT2D eigenvalue weighted by atomic mass is 10.1. The first-order chi connectivity index (χ1) is 14.1. The van der Waals surface area contributed by atoms with Gasteiger partial charge in [0.05, 0.1) is 0 Å². The molecule has 3 heterocycles. The van der Waals surface area contributed by atoms with Gasteiger partial charge in [0, 0.05) is 20.8 Å². The fourth-order valence-electron chi connectivity index (χ4n) is 3.17. The average Bonchev–Trinajstić information content (AvgIpc) is 3.10. The van der Waals surface area contributed by atoms with Crippen LogP contribution in [0.25, 0.3) is 11.2 Å². The van der Waals surface area contributed by atoms with Gasteiger partial charge in [0.15, 0.2) is 29.6 Å². The molecule has 14 nitrogen and oxygen atoms in total. The molecule has 2 aromatic heterocycles. The van der Waals surface area contributed by atoms with Gasteiger partial charge in [-0.15, -0.1) is 0 Å². The van der Waals surface area contributed by atoms with Gasteiger partial charge in [-0.05, 0) is 0 Å². The van der Waals surface area contributed by atoms with E-state index >= 15 is 0 Å². The highest BCUT2D eigenvalue weighted by Gasteiger charge is 2.51. The Hall–Kier alpha value is -3.68. The smallest absolute Gasteiger partial charge is 0.330 e. The van der Waals surface area contributed by atoms with Gasteiger partial charge in [-0.1, -0.05) is 0 Å². The molecular formula is C16H19N5O9. The summed E-state index contributed by atoms with van der Waals surface area (Å²) in [7, 11) is 0. The minimum Gasteiger partial charge on any atom is -0.463 e. The number of carbonyl (C=O) groups is 3. The van der Waals surface area contributed by atoms with Crippen molar-refractivity contribution in [2.24, 2.45) is 0 Å². The van der Waals surface area contributed by atoms with Crippen LogP contribution in [0.4, 0.5) is 5.95 Å². The summed E-state index contributed by atoms with van der Waals surface area (Å²) < 4.78 is 22.1. The quantitative estimate of drug-likeness (QED) is 0.365. The number of nitrogens with two attached hydrogens (primary N) is 1. The van der Waals surface area contributed by atoms with Crippen LogP contribution in [0.5, 0.6) is 0 Å². The Kier molecular flexibility index (Phi) is 5.60. The Morgan fingerprint density at radius 3 is 2.30 bits per heavy atom. The van der Waals surface area contributed by atoms with Gasteiger partial charge in [0.1, 0.15) is 12.7 Å². The SMILES string of the molecule is CC(=O)OC[C@H]1O[C@@H](n2c(=O)[nH]c3c(=O)[nH]c(N)nc32)[C@H](OC(C)=O)[C@@H]1OC(C)=O. The Bertz CT molecular complexity index is 1120. The van der Waals surface area contributed by atoms with Crippen LogP contribution >= 0.6 is 0 Å². The minimum absolute atomic E-state index is 0.168. The van der Waals surface area contributed by atoms with E-state index < -0.39 is 53.7 Å². The van der Waals surface area contributed by atoms with Gasteiger partial charge < -0.3 is 24.7 Å². The zero-order valence-corrected chi connectivity index (χ0v) is 16.2. The molecule has 4 atom stereocenters. The van der Waals surface area contributed by atoms with Crippen LogP contribution in [-0.4, -0.2) is 62.3 Å². The number of nitrogens with one attached hydrogen (secondary N) is 2. The highest BCUT2D eigenvalue weighted by molar-refractivity contribution is 5.71. The van der Waals surface area contributed by atoms with Gasteiger partial charge in [-0.3, -0.25) is 29.1 Å². The second-order valence-corrected chi connectivity index (χ2v) is 6.47. The minimum atomic E-state index is -1.37. The summed E-state index contributed by atoms with van der Waals surface area (Å²) in [5.41, 5.74) is 3.69. The number of rotatable bonds is 5. The third-order valence-corrected chi connectivity index (χ3v) is 4.19. The predicted molar refractivity (Wildman–Crippen MR) is 97.0 cm³/mol. The summed E-state index contributed by atoms with van der Waals surface area (Å²) in [5, 5.41) is 0. The molecule has 1 aliphatic rings. The molecule has 162 valence electrons. The number of aromatic amines is 2. The Balaban J connectivity index is 2.13. The number of hydrogen-bond acceptors (Lipinski definition) is 11. The average molecular weight is 425 g/mol. The monoisotopic (exact) mass is 425 g/mol. The third kappa shape index (κ3) is 4.03. The normalized spacial score (nSPS) is 23.3. The maximum absolute atomic E-state index is 12.6. The molecule has 30 heavy (non-hydrogen) atoms. The van der Waals surface area contributed by atoms with E-state index in [1.165, 1.54) is 6.92 Å². The lowest BCUT2D eigenvalue weighted by molar-refractivity contribution is -0.166. The lowest BCUT2D eigenvalue weighted by Crippen LogP contribution is -2.41. The summed E-state index contributed by atoms with van der Waals surface area (Å²) in [5.74, 6) is -2.37. The second kappa shape index (κ2) is 7.98. The number of hydrogen-bond donors (Lipinski definition) is 3. The summed E-state index contributed by atoms with van der Waals surface area (Å²) in [6, 6.07) is 0. The first kappa shape index (κ1) is 21.0. The summed E-state index contributed by atoms with van der Waals surface area (Å²) in [6.07, 6.45) is -4.98. The van der Waals surface area contributed by atoms with Crippen molar-refractivity contribution in [2.45, 2.75) is 45.3 Å². The van der Waals surface area contributed by atoms with E-state index in [0.717, 1.165) is 18.4 Å². The van der Waals surface area contributed by atoms with Crippen molar-refractivity contribution in [3.63, 3.8) is 0 Å². The van der Waals surface area contributed by atoms with Gasteiger partial charge in [0.2, 0.25) is 5.95 Å². The summed E-state index contributed by atoms with van der Waals surface area (Å²) >= 11 is 0. The van der Waals surface area contributed by atoms with Gasteiger partial charge in [-0.2, -0.15) is 4.98 Å². The molecule has 0 unspecified atom stereocenters. The van der Waals surface area contributed by atoms with E-state index in [2.05, 4.69) is 15.0 Å². The number of nitrogens with zero attached hydrogens (tertiary/aromatic N) is 2. The molecule has 0 aliphatic carbocycles. The number of nitrogen functional groups attached to an aromatic ring is 1. The van der Waals surface area contributed by atoms with Gasteiger partial charge in [-0.25, -0.2) is 9.36 Å². The van der Waals surface area contributed by atoms with E-state index in [1.54, 1.807) is 0 Å². The number of imidazole rings is 1. The van der Waals surface area contributed by atoms with Crippen LogP contribution in [0.15, 0.2) is 9.59 Å². The molecule has 0 amide bonds. The predicted octanol–water partition coefficient (Wildman–Crippen LogP) is -1.68. The molecule has 1 saturated heterocycles. The number of ether oxygens (including phenoxy) is 4. The summed E-state index contributed by atoms with van der Waals surface area (Å²) in [6.45, 7) is 3.05. The van der Waals surface area contributed by atoms with E-state index in [0.29, 0.717) is 0 Å². The molecule has 1 aliphatic heterocycles.